The topological polar surface area (TPSA) is 50.4 Å². The number of hydrogen-bond acceptors (Lipinski definition) is 4. The Bertz CT molecular complexity index is 392. The zero-order valence-corrected chi connectivity index (χ0v) is 11.0. The molecule has 0 radical (unpaired) electrons. The minimum Gasteiger partial charge on any atom is -0.379 e. The lowest BCUT2D eigenvalue weighted by atomic mass is 10.0. The Morgan fingerprint density at radius 2 is 2.35 bits per heavy atom. The van der Waals surface area contributed by atoms with E-state index in [0.29, 0.717) is 19.8 Å². The van der Waals surface area contributed by atoms with Crippen LogP contribution < -0.4 is 10.6 Å². The molecule has 2 heterocycles. The molecule has 4 nitrogen and oxygen atoms in total. The van der Waals surface area contributed by atoms with Gasteiger partial charge in [-0.15, -0.1) is 0 Å². The van der Waals surface area contributed by atoms with Crippen LogP contribution in [0.3, 0.4) is 0 Å². The average Bonchev–Trinajstić information content (AvgIpc) is 2.94. The first-order valence-electron chi connectivity index (χ1n) is 5.76. The van der Waals surface area contributed by atoms with Crippen LogP contribution in [0.5, 0.6) is 0 Å². The number of amides is 1. The summed E-state index contributed by atoms with van der Waals surface area (Å²) in [5.41, 5.74) is 2.44. The summed E-state index contributed by atoms with van der Waals surface area (Å²) in [5.74, 6) is 0.00592. The third-order valence-corrected chi connectivity index (χ3v) is 4.11. The van der Waals surface area contributed by atoms with Gasteiger partial charge in [-0.2, -0.15) is 11.3 Å². The molecule has 1 saturated heterocycles. The molecular weight excluding hydrogens is 236 g/mol. The minimum absolute atomic E-state index is 0.0704. The van der Waals surface area contributed by atoms with Gasteiger partial charge < -0.3 is 15.4 Å². The van der Waals surface area contributed by atoms with Crippen LogP contribution in [-0.4, -0.2) is 32.2 Å². The van der Waals surface area contributed by atoms with Crippen molar-refractivity contribution in [1.29, 1.82) is 0 Å². The summed E-state index contributed by atoms with van der Waals surface area (Å²) >= 11 is 1.67. The van der Waals surface area contributed by atoms with Crippen LogP contribution in [0, 0.1) is 12.8 Å². The maximum absolute atomic E-state index is 12.0. The summed E-state index contributed by atoms with van der Waals surface area (Å²) in [7, 11) is 1.86. The fraction of sp³-hybridized carbons (Fsp3) is 0.583. The van der Waals surface area contributed by atoms with Gasteiger partial charge in [0.15, 0.2) is 0 Å². The largest absolute Gasteiger partial charge is 0.379 e. The SMILES string of the molecule is CNC1COCC1C(=O)NCc1cscc1C. The molecule has 1 aromatic heterocycles. The number of thiophene rings is 1. The van der Waals surface area contributed by atoms with E-state index in [0.717, 1.165) is 0 Å². The number of carbonyl (C=O) groups excluding carboxylic acids is 1. The minimum atomic E-state index is -0.0704. The normalized spacial score (nSPS) is 23.9. The van der Waals surface area contributed by atoms with Crippen LogP contribution in [-0.2, 0) is 16.1 Å². The van der Waals surface area contributed by atoms with Crippen molar-refractivity contribution < 1.29 is 9.53 Å². The number of aryl methyl sites for hydroxylation is 1. The standard InChI is InChI=1S/C12H18N2O2S/c1-8-6-17-7-9(8)3-14-12(15)10-4-16-5-11(10)13-2/h6-7,10-11,13H,3-5H2,1-2H3,(H,14,15). The monoisotopic (exact) mass is 254 g/mol. The highest BCUT2D eigenvalue weighted by Crippen LogP contribution is 2.16. The molecule has 0 aliphatic carbocycles. The number of ether oxygens (including phenoxy) is 1. The van der Waals surface area contributed by atoms with Crippen LogP contribution in [0.4, 0.5) is 0 Å². The van der Waals surface area contributed by atoms with E-state index in [1.807, 2.05) is 7.05 Å². The Morgan fingerprint density at radius 1 is 1.53 bits per heavy atom. The van der Waals surface area contributed by atoms with Gasteiger partial charge in [0, 0.05) is 12.6 Å². The van der Waals surface area contributed by atoms with E-state index in [2.05, 4.69) is 28.3 Å². The summed E-state index contributed by atoms with van der Waals surface area (Å²) in [6, 6.07) is 0.138. The number of hydrogen-bond donors (Lipinski definition) is 2. The maximum Gasteiger partial charge on any atom is 0.227 e. The first kappa shape index (κ1) is 12.5. The van der Waals surface area contributed by atoms with Gasteiger partial charge in [-0.25, -0.2) is 0 Å². The van der Waals surface area contributed by atoms with Crippen molar-refractivity contribution in [1.82, 2.24) is 10.6 Å². The quantitative estimate of drug-likeness (QED) is 0.839. The van der Waals surface area contributed by atoms with E-state index in [9.17, 15) is 4.79 Å². The second-order valence-electron chi connectivity index (χ2n) is 4.34. The Morgan fingerprint density at radius 3 is 3.00 bits per heavy atom. The van der Waals surface area contributed by atoms with Crippen LogP contribution in [0.15, 0.2) is 10.8 Å². The van der Waals surface area contributed by atoms with Crippen LogP contribution >= 0.6 is 11.3 Å². The van der Waals surface area contributed by atoms with Crippen molar-refractivity contribution in [2.75, 3.05) is 20.3 Å². The molecule has 94 valence electrons. The molecule has 1 amide bonds. The molecule has 1 aliphatic heterocycles. The molecule has 0 saturated carbocycles. The number of rotatable bonds is 4. The summed E-state index contributed by atoms with van der Waals surface area (Å²) in [4.78, 5) is 12.0. The van der Waals surface area contributed by atoms with Crippen LogP contribution in [0.1, 0.15) is 11.1 Å². The molecule has 2 rings (SSSR count). The van der Waals surface area contributed by atoms with Gasteiger partial charge in [0.25, 0.3) is 0 Å². The first-order valence-corrected chi connectivity index (χ1v) is 6.71. The molecule has 0 aromatic carbocycles. The van der Waals surface area contributed by atoms with Gasteiger partial charge in [-0.3, -0.25) is 4.79 Å². The Hall–Kier alpha value is -0.910. The van der Waals surface area contributed by atoms with E-state index in [4.69, 9.17) is 4.74 Å². The molecule has 1 aliphatic rings. The van der Waals surface area contributed by atoms with Gasteiger partial charge in [0.2, 0.25) is 5.91 Å². The van der Waals surface area contributed by atoms with Crippen LogP contribution in [0.2, 0.25) is 0 Å². The highest BCUT2D eigenvalue weighted by atomic mass is 32.1. The van der Waals surface area contributed by atoms with Crippen molar-refractivity contribution in [3.05, 3.63) is 21.9 Å². The summed E-state index contributed by atoms with van der Waals surface area (Å²) in [6.45, 7) is 3.81. The van der Waals surface area contributed by atoms with Crippen LogP contribution in [0.25, 0.3) is 0 Å². The zero-order chi connectivity index (χ0) is 12.3. The summed E-state index contributed by atoms with van der Waals surface area (Å²) < 4.78 is 5.32. The second-order valence-corrected chi connectivity index (χ2v) is 5.08. The van der Waals surface area contributed by atoms with Gasteiger partial charge in [0.05, 0.1) is 19.1 Å². The van der Waals surface area contributed by atoms with E-state index in [1.165, 1.54) is 11.1 Å². The molecule has 1 fully saturated rings. The number of likely N-dealkylation sites (N-methyl/N-ethyl adjacent to an activating group) is 1. The lowest BCUT2D eigenvalue weighted by Gasteiger charge is -2.16. The van der Waals surface area contributed by atoms with Crippen molar-refractivity contribution >= 4 is 17.2 Å². The fourth-order valence-electron chi connectivity index (χ4n) is 1.98. The molecular formula is C12H18N2O2S. The predicted octanol–water partition coefficient (Wildman–Crippen LogP) is 0.907. The highest BCUT2D eigenvalue weighted by Gasteiger charge is 2.32. The lowest BCUT2D eigenvalue weighted by Crippen LogP contribution is -2.42. The molecule has 0 bridgehead atoms. The molecule has 5 heteroatoms. The summed E-state index contributed by atoms with van der Waals surface area (Å²) in [5, 5.41) is 10.3. The second kappa shape index (κ2) is 5.62. The van der Waals surface area contributed by atoms with E-state index in [1.54, 1.807) is 11.3 Å². The maximum atomic E-state index is 12.0. The molecule has 2 atom stereocenters. The molecule has 0 spiro atoms. The third kappa shape index (κ3) is 2.86. The average molecular weight is 254 g/mol. The van der Waals surface area contributed by atoms with E-state index >= 15 is 0 Å². The van der Waals surface area contributed by atoms with Gasteiger partial charge >= 0.3 is 0 Å². The Kier molecular flexibility index (Phi) is 4.15. The molecule has 2 N–H and O–H groups in total. The smallest absolute Gasteiger partial charge is 0.227 e. The number of nitrogens with one attached hydrogen (secondary N) is 2. The van der Waals surface area contributed by atoms with Crippen molar-refractivity contribution in [3.63, 3.8) is 0 Å². The van der Waals surface area contributed by atoms with Crippen molar-refractivity contribution in [3.8, 4) is 0 Å². The Labute approximate surface area is 105 Å². The molecule has 17 heavy (non-hydrogen) atoms. The van der Waals surface area contributed by atoms with E-state index in [-0.39, 0.29) is 17.9 Å². The zero-order valence-electron chi connectivity index (χ0n) is 10.2. The fourth-order valence-corrected chi connectivity index (χ4v) is 2.84. The van der Waals surface area contributed by atoms with Gasteiger partial charge in [0.1, 0.15) is 0 Å². The Balaban J connectivity index is 1.87. The van der Waals surface area contributed by atoms with Crippen molar-refractivity contribution in [2.45, 2.75) is 19.5 Å². The van der Waals surface area contributed by atoms with Gasteiger partial charge in [-0.1, -0.05) is 0 Å². The predicted molar refractivity (Wildman–Crippen MR) is 68.1 cm³/mol. The molecule has 2 unspecified atom stereocenters. The first-order chi connectivity index (χ1) is 8.22. The lowest BCUT2D eigenvalue weighted by molar-refractivity contribution is -0.125. The third-order valence-electron chi connectivity index (χ3n) is 3.20. The van der Waals surface area contributed by atoms with Gasteiger partial charge in [-0.05, 0) is 35.9 Å². The molecule has 1 aromatic rings. The van der Waals surface area contributed by atoms with Crippen molar-refractivity contribution in [2.24, 2.45) is 5.92 Å². The summed E-state index contributed by atoms with van der Waals surface area (Å²) in [6.07, 6.45) is 0. The highest BCUT2D eigenvalue weighted by molar-refractivity contribution is 7.08. The number of carbonyl (C=O) groups is 1. The van der Waals surface area contributed by atoms with E-state index < -0.39 is 0 Å².